The van der Waals surface area contributed by atoms with Crippen LogP contribution in [-0.4, -0.2) is 22.3 Å². The number of rotatable bonds is 8. The van der Waals surface area contributed by atoms with Gasteiger partial charge < -0.3 is 10.6 Å². The third-order valence-corrected chi connectivity index (χ3v) is 6.75. The largest absolute Gasteiger partial charge is 0.350 e. The number of carbonyl (C=O) groups is 2. The maximum Gasteiger partial charge on any atom is 0.220 e. The Morgan fingerprint density at radius 2 is 1.94 bits per heavy atom. The normalized spacial score (nSPS) is 18.0. The lowest BCUT2D eigenvalue weighted by molar-refractivity contribution is -0.122. The maximum absolute atomic E-state index is 12.5. The van der Waals surface area contributed by atoms with Gasteiger partial charge in [-0.25, -0.2) is 4.98 Å². The van der Waals surface area contributed by atoms with Crippen molar-refractivity contribution in [3.8, 4) is 10.6 Å². The van der Waals surface area contributed by atoms with E-state index in [0.717, 1.165) is 28.2 Å². The van der Waals surface area contributed by atoms with Gasteiger partial charge in [0.2, 0.25) is 11.8 Å². The van der Waals surface area contributed by atoms with Gasteiger partial charge in [-0.2, -0.15) is 0 Å². The van der Waals surface area contributed by atoms with Crippen molar-refractivity contribution < 1.29 is 9.59 Å². The van der Waals surface area contributed by atoms with E-state index in [0.29, 0.717) is 37.3 Å². The van der Waals surface area contributed by atoms with E-state index >= 15 is 0 Å². The van der Waals surface area contributed by atoms with Gasteiger partial charge in [-0.3, -0.25) is 9.59 Å². The molecule has 1 fully saturated rings. The lowest BCUT2D eigenvalue weighted by Gasteiger charge is -2.29. The zero-order valence-corrected chi connectivity index (χ0v) is 18.6. The summed E-state index contributed by atoms with van der Waals surface area (Å²) < 4.78 is 0. The molecule has 2 N–H and O–H groups in total. The number of hydrogen-bond acceptors (Lipinski definition) is 4. The van der Waals surface area contributed by atoms with E-state index < -0.39 is 0 Å². The molecule has 1 saturated heterocycles. The Bertz CT molecular complexity index is 1050. The highest BCUT2D eigenvalue weighted by atomic mass is 35.5. The Hall–Kier alpha value is -2.70. The summed E-state index contributed by atoms with van der Waals surface area (Å²) in [6, 6.07) is 17.7. The zero-order chi connectivity index (χ0) is 21.7. The summed E-state index contributed by atoms with van der Waals surface area (Å²) in [6.45, 7) is 0.401. The summed E-state index contributed by atoms with van der Waals surface area (Å²) in [5.74, 6) is 0.0103. The number of nitrogens with zero attached hydrogens (tertiary/aromatic N) is 1. The van der Waals surface area contributed by atoms with Crippen LogP contribution in [0.1, 0.15) is 36.9 Å². The van der Waals surface area contributed by atoms with E-state index in [2.05, 4.69) is 15.6 Å². The summed E-state index contributed by atoms with van der Waals surface area (Å²) in [7, 11) is 0. The number of carbonyl (C=O) groups excluding carboxylic acids is 2. The van der Waals surface area contributed by atoms with E-state index in [1.165, 1.54) is 0 Å². The van der Waals surface area contributed by atoms with E-state index in [1.54, 1.807) is 11.3 Å². The molecule has 31 heavy (non-hydrogen) atoms. The number of benzene rings is 2. The number of thiazole rings is 1. The smallest absolute Gasteiger partial charge is 0.220 e. The number of halogens is 1. The molecule has 0 aliphatic carbocycles. The summed E-state index contributed by atoms with van der Waals surface area (Å²) in [5, 5.41) is 9.69. The molecule has 1 atom stereocenters. The average Bonchev–Trinajstić information content (AvgIpc) is 3.40. The molecule has 0 saturated carbocycles. The highest BCUT2D eigenvalue weighted by molar-refractivity contribution is 7.13. The number of amides is 2. The van der Waals surface area contributed by atoms with Crippen LogP contribution in [0.5, 0.6) is 0 Å². The van der Waals surface area contributed by atoms with Crippen LogP contribution < -0.4 is 10.6 Å². The van der Waals surface area contributed by atoms with Crippen molar-refractivity contribution >= 4 is 34.8 Å². The topological polar surface area (TPSA) is 71.1 Å². The first kappa shape index (κ1) is 21.5. The summed E-state index contributed by atoms with van der Waals surface area (Å²) in [6.07, 6.45) is 2.86. The molecule has 1 aliphatic rings. The van der Waals surface area contributed by atoms with E-state index in [9.17, 15) is 9.59 Å². The predicted octanol–water partition coefficient (Wildman–Crippen LogP) is 4.75. The second kappa shape index (κ2) is 9.62. The van der Waals surface area contributed by atoms with Crippen molar-refractivity contribution in [1.82, 2.24) is 15.6 Å². The molecule has 3 aromatic rings. The SMILES string of the molecule is O=C(CC[C@@]1(Cc2ccc(Cl)cc2)CCC(=O)N1)NCc1csc(-c2ccccc2)n1. The van der Waals surface area contributed by atoms with Gasteiger partial charge in [0, 0.05) is 34.3 Å². The van der Waals surface area contributed by atoms with Crippen LogP contribution in [-0.2, 0) is 22.6 Å². The van der Waals surface area contributed by atoms with E-state index in [1.807, 2.05) is 60.0 Å². The van der Waals surface area contributed by atoms with E-state index in [4.69, 9.17) is 11.6 Å². The number of hydrogen-bond donors (Lipinski definition) is 2. The molecular weight excluding hydrogens is 430 g/mol. The first-order valence-electron chi connectivity index (χ1n) is 10.3. The molecule has 0 spiro atoms. The number of aromatic nitrogens is 1. The molecule has 0 unspecified atom stereocenters. The van der Waals surface area contributed by atoms with Gasteiger partial charge in [0.15, 0.2) is 0 Å². The van der Waals surface area contributed by atoms with Crippen LogP contribution in [0.25, 0.3) is 10.6 Å². The van der Waals surface area contributed by atoms with Crippen LogP contribution in [0.4, 0.5) is 0 Å². The molecule has 2 amide bonds. The van der Waals surface area contributed by atoms with Crippen LogP contribution in [0, 0.1) is 0 Å². The Labute approximate surface area is 190 Å². The second-order valence-corrected chi connectivity index (χ2v) is 9.21. The van der Waals surface area contributed by atoms with E-state index in [-0.39, 0.29) is 17.4 Å². The first-order valence-corrected chi connectivity index (χ1v) is 11.6. The quantitative estimate of drug-likeness (QED) is 0.517. The molecule has 0 bridgehead atoms. The summed E-state index contributed by atoms with van der Waals surface area (Å²) in [5.41, 5.74) is 2.64. The van der Waals surface area contributed by atoms with Gasteiger partial charge >= 0.3 is 0 Å². The Kier molecular flexibility index (Phi) is 6.68. The van der Waals surface area contributed by atoms with Gasteiger partial charge in [-0.15, -0.1) is 11.3 Å². The fourth-order valence-electron chi connectivity index (χ4n) is 3.91. The first-order chi connectivity index (χ1) is 15.0. The molecular formula is C24H24ClN3O2S. The Morgan fingerprint density at radius 1 is 1.16 bits per heavy atom. The third-order valence-electron chi connectivity index (χ3n) is 5.56. The molecule has 1 aromatic heterocycles. The minimum absolute atomic E-state index is 0.0362. The average molecular weight is 454 g/mol. The monoisotopic (exact) mass is 453 g/mol. The van der Waals surface area contributed by atoms with Gasteiger partial charge in [-0.05, 0) is 37.0 Å². The molecule has 5 nitrogen and oxygen atoms in total. The van der Waals surface area contributed by atoms with Crippen molar-refractivity contribution in [1.29, 1.82) is 0 Å². The highest BCUT2D eigenvalue weighted by Gasteiger charge is 2.37. The maximum atomic E-state index is 12.5. The van der Waals surface area contributed by atoms with Crippen molar-refractivity contribution in [2.24, 2.45) is 0 Å². The lowest BCUT2D eigenvalue weighted by Crippen LogP contribution is -2.44. The van der Waals surface area contributed by atoms with Crippen LogP contribution in [0.15, 0.2) is 60.0 Å². The third kappa shape index (κ3) is 5.71. The summed E-state index contributed by atoms with van der Waals surface area (Å²) >= 11 is 7.55. The van der Waals surface area contributed by atoms with Gasteiger partial charge in [-0.1, -0.05) is 54.1 Å². The number of nitrogens with one attached hydrogen (secondary N) is 2. The summed E-state index contributed by atoms with van der Waals surface area (Å²) in [4.78, 5) is 29.1. The standard InChI is InChI=1S/C24H24ClN3O2S/c25-19-8-6-17(7-9-19)14-24(13-11-22(30)28-24)12-10-21(29)26-15-20-16-31-23(27-20)18-4-2-1-3-5-18/h1-9,16H,10-15H2,(H,26,29)(H,28,30)/t24-/m0/s1. The highest BCUT2D eigenvalue weighted by Crippen LogP contribution is 2.30. The van der Waals surface area contributed by atoms with Gasteiger partial charge in [0.1, 0.15) is 5.01 Å². The lowest BCUT2D eigenvalue weighted by atomic mass is 9.85. The van der Waals surface area contributed by atoms with Crippen LogP contribution >= 0.6 is 22.9 Å². The molecule has 2 heterocycles. The molecule has 7 heteroatoms. The van der Waals surface area contributed by atoms with Crippen LogP contribution in [0.3, 0.4) is 0 Å². The minimum atomic E-state index is -0.386. The molecule has 4 rings (SSSR count). The minimum Gasteiger partial charge on any atom is -0.350 e. The van der Waals surface area contributed by atoms with Crippen molar-refractivity contribution in [3.63, 3.8) is 0 Å². The van der Waals surface area contributed by atoms with Crippen molar-refractivity contribution in [3.05, 3.63) is 76.3 Å². The predicted molar refractivity (Wildman–Crippen MR) is 124 cm³/mol. The van der Waals surface area contributed by atoms with Gasteiger partial charge in [0.05, 0.1) is 12.2 Å². The van der Waals surface area contributed by atoms with Gasteiger partial charge in [0.25, 0.3) is 0 Å². The molecule has 0 radical (unpaired) electrons. The Balaban J connectivity index is 1.31. The second-order valence-electron chi connectivity index (χ2n) is 7.92. The molecule has 2 aromatic carbocycles. The zero-order valence-electron chi connectivity index (χ0n) is 17.1. The fraction of sp³-hybridized carbons (Fsp3) is 0.292. The molecule has 160 valence electrons. The Morgan fingerprint density at radius 3 is 2.65 bits per heavy atom. The van der Waals surface area contributed by atoms with Crippen molar-refractivity contribution in [2.45, 2.75) is 44.2 Å². The van der Waals surface area contributed by atoms with Crippen molar-refractivity contribution in [2.75, 3.05) is 0 Å². The molecule has 1 aliphatic heterocycles. The van der Waals surface area contributed by atoms with Crippen LogP contribution in [0.2, 0.25) is 5.02 Å². The fourth-order valence-corrected chi connectivity index (χ4v) is 4.86.